The number of benzene rings is 1. The quantitative estimate of drug-likeness (QED) is 0.815. The van der Waals surface area contributed by atoms with Crippen molar-refractivity contribution in [2.24, 2.45) is 4.99 Å². The van der Waals surface area contributed by atoms with Gasteiger partial charge in [0.1, 0.15) is 5.49 Å². The topological polar surface area (TPSA) is 17.3 Å². The zero-order valence-corrected chi connectivity index (χ0v) is 12.0. The highest BCUT2D eigenvalue weighted by Gasteiger charge is 2.03. The highest BCUT2D eigenvalue weighted by Crippen LogP contribution is 2.03. The van der Waals surface area contributed by atoms with Crippen molar-refractivity contribution in [1.29, 1.82) is 0 Å². The Labute approximate surface area is 124 Å². The van der Waals surface area contributed by atoms with Gasteiger partial charge in [-0.25, -0.2) is 4.99 Å². The van der Waals surface area contributed by atoms with Crippen LogP contribution in [0.25, 0.3) is 29.1 Å². The van der Waals surface area contributed by atoms with Crippen LogP contribution >= 0.6 is 0 Å². The highest BCUT2D eigenvalue weighted by molar-refractivity contribution is 5.83. The molecule has 0 bridgehead atoms. The van der Waals surface area contributed by atoms with Gasteiger partial charge in [0.25, 0.3) is 0 Å². The van der Waals surface area contributed by atoms with Crippen molar-refractivity contribution >= 4 is 29.1 Å². The van der Waals surface area contributed by atoms with E-state index in [1.54, 1.807) is 18.4 Å². The summed E-state index contributed by atoms with van der Waals surface area (Å²) in [7, 11) is 0. The molecular weight excluding hydrogens is 256 g/mol. The fourth-order valence-electron chi connectivity index (χ4n) is 2.40. The van der Waals surface area contributed by atoms with Gasteiger partial charge in [-0.15, -0.1) is 0 Å². The molecular formula is C19H18N2. The molecule has 0 unspecified atom stereocenters. The molecule has 21 heavy (non-hydrogen) atoms. The van der Waals surface area contributed by atoms with Crippen molar-refractivity contribution in [1.82, 2.24) is 4.57 Å². The molecule has 2 rings (SSSR count). The van der Waals surface area contributed by atoms with Gasteiger partial charge < -0.3 is 4.57 Å². The molecule has 0 aliphatic carbocycles. The van der Waals surface area contributed by atoms with Crippen LogP contribution in [0.15, 0.2) is 73.9 Å². The Kier molecular flexibility index (Phi) is 4.52. The Morgan fingerprint density at radius 1 is 0.905 bits per heavy atom. The van der Waals surface area contributed by atoms with E-state index in [0.717, 1.165) is 26.8 Å². The van der Waals surface area contributed by atoms with Crippen LogP contribution in [0.4, 0.5) is 0 Å². The summed E-state index contributed by atoms with van der Waals surface area (Å²) in [5, 5.41) is 4.15. The summed E-state index contributed by atoms with van der Waals surface area (Å²) in [6, 6.07) is 8.11. The van der Waals surface area contributed by atoms with Gasteiger partial charge >= 0.3 is 0 Å². The molecule has 1 aromatic heterocycles. The van der Waals surface area contributed by atoms with Crippen molar-refractivity contribution in [3.05, 3.63) is 85.0 Å². The van der Waals surface area contributed by atoms with Gasteiger partial charge in [-0.1, -0.05) is 68.8 Å². The van der Waals surface area contributed by atoms with Crippen LogP contribution in [0, 0.1) is 0 Å². The van der Waals surface area contributed by atoms with Crippen LogP contribution in [0.3, 0.4) is 0 Å². The van der Waals surface area contributed by atoms with Crippen LogP contribution < -0.4 is 16.1 Å². The van der Waals surface area contributed by atoms with Crippen molar-refractivity contribution in [2.75, 3.05) is 0 Å². The molecule has 2 heteroatoms. The lowest BCUT2D eigenvalue weighted by Crippen LogP contribution is -2.41. The van der Waals surface area contributed by atoms with Crippen LogP contribution in [0.2, 0.25) is 0 Å². The zero-order chi connectivity index (χ0) is 15.2. The number of fused-ring (bicyclic) bond motifs is 1. The Balaban J connectivity index is 3.35. The van der Waals surface area contributed by atoms with Gasteiger partial charge in [0.2, 0.25) is 0 Å². The fourth-order valence-corrected chi connectivity index (χ4v) is 2.40. The first-order valence-electron chi connectivity index (χ1n) is 6.64. The first-order valence-corrected chi connectivity index (χ1v) is 6.64. The molecule has 2 aromatic rings. The molecule has 0 saturated carbocycles. The summed E-state index contributed by atoms with van der Waals surface area (Å²) in [5.74, 6) is 0. The molecule has 0 N–H and O–H groups in total. The Morgan fingerprint density at radius 2 is 1.57 bits per heavy atom. The van der Waals surface area contributed by atoms with Crippen LogP contribution in [-0.4, -0.2) is 4.57 Å². The van der Waals surface area contributed by atoms with Crippen LogP contribution in [-0.2, 0) is 0 Å². The molecule has 2 nitrogen and oxygen atoms in total. The number of allylic oxidation sites excluding steroid dienone is 2. The lowest BCUT2D eigenvalue weighted by Gasteiger charge is -2.08. The average molecular weight is 274 g/mol. The molecule has 0 spiro atoms. The molecule has 1 heterocycles. The summed E-state index contributed by atoms with van der Waals surface area (Å²) in [5.41, 5.74) is 0.796. The van der Waals surface area contributed by atoms with Gasteiger partial charge in [-0.2, -0.15) is 0 Å². The fraction of sp³-hybridized carbons (Fsp3) is 0. The highest BCUT2D eigenvalue weighted by atomic mass is 15.0. The third-order valence-electron chi connectivity index (χ3n) is 3.18. The summed E-state index contributed by atoms with van der Waals surface area (Å²) < 4.78 is 1.93. The number of hydrogen-bond acceptors (Lipinski definition) is 1. The lowest BCUT2D eigenvalue weighted by molar-refractivity contribution is 0.981. The van der Waals surface area contributed by atoms with Crippen molar-refractivity contribution < 1.29 is 0 Å². The number of hydrogen-bond donors (Lipinski definition) is 0. The largest absolute Gasteiger partial charge is 0.301 e. The lowest BCUT2D eigenvalue weighted by atomic mass is 10.1. The normalized spacial score (nSPS) is 13.4. The predicted octanol–water partition coefficient (Wildman–Crippen LogP) is 2.72. The molecule has 0 saturated heterocycles. The second-order valence-electron chi connectivity index (χ2n) is 4.34. The number of aromatic nitrogens is 1. The summed E-state index contributed by atoms with van der Waals surface area (Å²) in [4.78, 5) is 4.41. The molecule has 0 aliphatic rings. The Morgan fingerprint density at radius 3 is 2.14 bits per heavy atom. The third kappa shape index (κ3) is 2.56. The first kappa shape index (κ1) is 14.5. The molecule has 0 atom stereocenters. The van der Waals surface area contributed by atoms with E-state index in [1.807, 2.05) is 34.9 Å². The van der Waals surface area contributed by atoms with E-state index in [1.165, 1.54) is 6.20 Å². The minimum absolute atomic E-state index is 0.796. The second-order valence-corrected chi connectivity index (χ2v) is 4.34. The zero-order valence-electron chi connectivity index (χ0n) is 12.0. The standard InChI is InChI=1S/C19H18N2/c1-5-11-16-15-13-9-10-14-17(15)19(20-7-3)21(8-4)18(16)12-6-2/h5-14H,1-4H2/b16-11-,18-12+,20-19?. The maximum atomic E-state index is 4.41. The Hall–Kier alpha value is -2.87. The van der Waals surface area contributed by atoms with Gasteiger partial charge in [0.05, 0.1) is 5.35 Å². The van der Waals surface area contributed by atoms with E-state index in [4.69, 9.17) is 0 Å². The maximum Gasteiger partial charge on any atom is 0.144 e. The second kappa shape index (κ2) is 6.53. The average Bonchev–Trinajstić information content (AvgIpc) is 2.51. The minimum atomic E-state index is 0.796. The molecule has 1 aromatic carbocycles. The van der Waals surface area contributed by atoms with Crippen LogP contribution in [0.5, 0.6) is 0 Å². The summed E-state index contributed by atoms with van der Waals surface area (Å²) in [6.45, 7) is 15.2. The van der Waals surface area contributed by atoms with E-state index in [-0.39, 0.29) is 0 Å². The van der Waals surface area contributed by atoms with Crippen molar-refractivity contribution in [3.63, 3.8) is 0 Å². The molecule has 0 amide bonds. The van der Waals surface area contributed by atoms with Gasteiger partial charge in [0, 0.05) is 23.0 Å². The Bertz CT molecular complexity index is 909. The van der Waals surface area contributed by atoms with E-state index < -0.39 is 0 Å². The summed E-state index contributed by atoms with van der Waals surface area (Å²) in [6.07, 6.45) is 10.7. The van der Waals surface area contributed by atoms with E-state index in [2.05, 4.69) is 37.4 Å². The van der Waals surface area contributed by atoms with Crippen LogP contribution in [0.1, 0.15) is 0 Å². The molecule has 0 radical (unpaired) electrons. The van der Waals surface area contributed by atoms with Gasteiger partial charge in [0.15, 0.2) is 0 Å². The third-order valence-corrected chi connectivity index (χ3v) is 3.18. The number of nitrogens with zero attached hydrogens (tertiary/aromatic N) is 2. The molecule has 104 valence electrons. The SMILES string of the molecule is C=C/C=c1\c(=C/C=C)n(C=C)c(=NC=C)c2ccccc12. The first-order chi connectivity index (χ1) is 10.3. The maximum absolute atomic E-state index is 4.41. The smallest absolute Gasteiger partial charge is 0.144 e. The van der Waals surface area contributed by atoms with E-state index >= 15 is 0 Å². The molecule has 0 fully saturated rings. The predicted molar refractivity (Wildman–Crippen MR) is 92.7 cm³/mol. The summed E-state index contributed by atoms with van der Waals surface area (Å²) >= 11 is 0. The van der Waals surface area contributed by atoms with Gasteiger partial charge in [-0.3, -0.25) is 0 Å². The number of pyridine rings is 1. The van der Waals surface area contributed by atoms with Crippen molar-refractivity contribution in [2.45, 2.75) is 0 Å². The van der Waals surface area contributed by atoms with Crippen molar-refractivity contribution in [3.8, 4) is 0 Å². The monoisotopic (exact) mass is 274 g/mol. The molecule has 0 aliphatic heterocycles. The van der Waals surface area contributed by atoms with Gasteiger partial charge in [-0.05, 0) is 11.5 Å². The van der Waals surface area contributed by atoms with E-state index in [0.29, 0.717) is 0 Å². The number of rotatable bonds is 4. The minimum Gasteiger partial charge on any atom is -0.301 e. The van der Waals surface area contributed by atoms with E-state index in [9.17, 15) is 0 Å².